The number of hydrogen-bond acceptors (Lipinski definition) is 1. The molecule has 0 amide bonds. The first-order valence-corrected chi connectivity index (χ1v) is 6.83. The van der Waals surface area contributed by atoms with Gasteiger partial charge >= 0.3 is 0 Å². The summed E-state index contributed by atoms with van der Waals surface area (Å²) in [5, 5.41) is 3.64. The molecule has 0 aromatic heterocycles. The van der Waals surface area contributed by atoms with Crippen LogP contribution in [0, 0.1) is 17.8 Å². The number of nitrogens with one attached hydrogen (secondary N) is 1. The second kappa shape index (κ2) is 6.52. The van der Waals surface area contributed by atoms with E-state index in [0.717, 1.165) is 23.8 Å². The molecule has 0 heterocycles. The Bertz CT molecular complexity index is 161. The van der Waals surface area contributed by atoms with Crippen LogP contribution in [0.25, 0.3) is 0 Å². The third-order valence-corrected chi connectivity index (χ3v) is 3.72. The van der Waals surface area contributed by atoms with Crippen LogP contribution in [-0.2, 0) is 0 Å². The van der Waals surface area contributed by atoms with Gasteiger partial charge in [0.15, 0.2) is 0 Å². The monoisotopic (exact) mass is 211 g/mol. The molecule has 2 atom stereocenters. The maximum atomic E-state index is 3.64. The maximum absolute atomic E-state index is 3.64. The van der Waals surface area contributed by atoms with Crippen LogP contribution in [-0.4, -0.2) is 12.6 Å². The van der Waals surface area contributed by atoms with E-state index >= 15 is 0 Å². The molecule has 0 saturated heterocycles. The van der Waals surface area contributed by atoms with E-state index in [1.807, 2.05) is 0 Å². The summed E-state index contributed by atoms with van der Waals surface area (Å²) in [5.41, 5.74) is 0. The minimum Gasteiger partial charge on any atom is -0.314 e. The molecule has 0 bridgehead atoms. The third kappa shape index (κ3) is 6.19. The molecule has 1 fully saturated rings. The van der Waals surface area contributed by atoms with Gasteiger partial charge < -0.3 is 5.32 Å². The van der Waals surface area contributed by atoms with Crippen molar-refractivity contribution in [2.45, 2.75) is 65.8 Å². The van der Waals surface area contributed by atoms with Crippen LogP contribution >= 0.6 is 0 Å². The van der Waals surface area contributed by atoms with Gasteiger partial charge in [0.2, 0.25) is 0 Å². The van der Waals surface area contributed by atoms with E-state index in [4.69, 9.17) is 0 Å². The highest BCUT2D eigenvalue weighted by atomic mass is 14.9. The molecule has 0 aromatic rings. The van der Waals surface area contributed by atoms with E-state index in [2.05, 4.69) is 33.0 Å². The van der Waals surface area contributed by atoms with Gasteiger partial charge in [-0.15, -0.1) is 0 Å². The zero-order chi connectivity index (χ0) is 11.3. The van der Waals surface area contributed by atoms with E-state index in [1.54, 1.807) is 0 Å². The summed E-state index contributed by atoms with van der Waals surface area (Å²) in [6.07, 6.45) is 7.04. The summed E-state index contributed by atoms with van der Waals surface area (Å²) in [7, 11) is 0. The van der Waals surface area contributed by atoms with Crippen molar-refractivity contribution in [2.75, 3.05) is 6.54 Å². The lowest BCUT2D eigenvalue weighted by Crippen LogP contribution is -2.26. The highest BCUT2D eigenvalue weighted by Gasteiger charge is 2.22. The van der Waals surface area contributed by atoms with E-state index in [-0.39, 0.29) is 0 Å². The minimum atomic E-state index is 0.845. The average Bonchev–Trinajstić information content (AvgIpc) is 2.96. The average molecular weight is 211 g/mol. The smallest absolute Gasteiger partial charge is 0.00683 e. The summed E-state index contributed by atoms with van der Waals surface area (Å²) < 4.78 is 0. The second-order valence-corrected chi connectivity index (χ2v) is 5.96. The van der Waals surface area contributed by atoms with E-state index in [0.29, 0.717) is 0 Å². The lowest BCUT2D eigenvalue weighted by Gasteiger charge is -2.20. The van der Waals surface area contributed by atoms with Crippen molar-refractivity contribution in [1.82, 2.24) is 5.32 Å². The highest BCUT2D eigenvalue weighted by Crippen LogP contribution is 2.22. The Labute approximate surface area is 96.0 Å². The lowest BCUT2D eigenvalue weighted by molar-refractivity contribution is 0.330. The fourth-order valence-electron chi connectivity index (χ4n) is 1.97. The summed E-state index contributed by atoms with van der Waals surface area (Å²) in [6, 6.07) is 0.871. The zero-order valence-corrected chi connectivity index (χ0v) is 11.1. The van der Waals surface area contributed by atoms with Crippen molar-refractivity contribution in [2.24, 2.45) is 17.8 Å². The molecule has 1 rings (SSSR count). The topological polar surface area (TPSA) is 12.0 Å². The van der Waals surface area contributed by atoms with Gasteiger partial charge in [-0.05, 0) is 37.1 Å². The number of rotatable bonds is 8. The van der Waals surface area contributed by atoms with Crippen LogP contribution in [0.4, 0.5) is 0 Å². The first-order chi connectivity index (χ1) is 7.09. The summed E-state index contributed by atoms with van der Waals surface area (Å²) in [5.74, 6) is 2.60. The van der Waals surface area contributed by atoms with Gasteiger partial charge in [0, 0.05) is 6.04 Å². The second-order valence-electron chi connectivity index (χ2n) is 5.96. The van der Waals surface area contributed by atoms with Crippen LogP contribution in [0.15, 0.2) is 0 Å². The first-order valence-electron chi connectivity index (χ1n) is 6.83. The molecule has 1 aliphatic carbocycles. The molecule has 15 heavy (non-hydrogen) atoms. The maximum Gasteiger partial charge on any atom is 0.00683 e. The van der Waals surface area contributed by atoms with Crippen molar-refractivity contribution in [1.29, 1.82) is 0 Å². The van der Waals surface area contributed by atoms with Gasteiger partial charge in [0.1, 0.15) is 0 Å². The van der Waals surface area contributed by atoms with Gasteiger partial charge in [-0.25, -0.2) is 0 Å². The van der Waals surface area contributed by atoms with Gasteiger partial charge in [0.25, 0.3) is 0 Å². The molecule has 1 nitrogen and oxygen atoms in total. The molecule has 0 aliphatic heterocycles. The predicted molar refractivity (Wildman–Crippen MR) is 68.0 cm³/mol. The highest BCUT2D eigenvalue weighted by molar-refractivity contribution is 4.81. The Morgan fingerprint density at radius 2 is 1.67 bits per heavy atom. The Kier molecular flexibility index (Phi) is 5.66. The largest absolute Gasteiger partial charge is 0.314 e. The molecular formula is C14H29N. The standard InChI is InChI=1S/C14H29N/c1-11(2)6-5-7-12(3)13(4)10-15-14-8-9-14/h11-15H,5-10H2,1-4H3. The molecule has 0 radical (unpaired) electrons. The van der Waals surface area contributed by atoms with Crippen molar-refractivity contribution in [3.05, 3.63) is 0 Å². The van der Waals surface area contributed by atoms with E-state index in [1.165, 1.54) is 38.6 Å². The van der Waals surface area contributed by atoms with Crippen LogP contribution in [0.3, 0.4) is 0 Å². The van der Waals surface area contributed by atoms with Crippen molar-refractivity contribution in [3.8, 4) is 0 Å². The molecule has 0 aromatic carbocycles. The summed E-state index contributed by atoms with van der Waals surface area (Å²) in [6.45, 7) is 10.7. The molecular weight excluding hydrogens is 182 g/mol. The van der Waals surface area contributed by atoms with Crippen LogP contribution < -0.4 is 5.32 Å². The predicted octanol–water partition coefficient (Wildman–Crippen LogP) is 3.84. The van der Waals surface area contributed by atoms with Crippen molar-refractivity contribution < 1.29 is 0 Å². The Hall–Kier alpha value is -0.0400. The van der Waals surface area contributed by atoms with E-state index in [9.17, 15) is 0 Å². The Morgan fingerprint density at radius 1 is 1.00 bits per heavy atom. The molecule has 1 N–H and O–H groups in total. The fraction of sp³-hybridized carbons (Fsp3) is 1.00. The van der Waals surface area contributed by atoms with Gasteiger partial charge in [-0.2, -0.15) is 0 Å². The van der Waals surface area contributed by atoms with Crippen LogP contribution in [0.2, 0.25) is 0 Å². The Morgan fingerprint density at radius 3 is 2.20 bits per heavy atom. The van der Waals surface area contributed by atoms with Gasteiger partial charge in [-0.1, -0.05) is 47.0 Å². The Balaban J connectivity index is 2.00. The van der Waals surface area contributed by atoms with Crippen LogP contribution in [0.1, 0.15) is 59.8 Å². The minimum absolute atomic E-state index is 0.845. The van der Waals surface area contributed by atoms with Gasteiger partial charge in [-0.3, -0.25) is 0 Å². The zero-order valence-electron chi connectivity index (χ0n) is 11.1. The number of hydrogen-bond donors (Lipinski definition) is 1. The SMILES string of the molecule is CC(C)CCCC(C)C(C)CNC1CC1. The van der Waals surface area contributed by atoms with Crippen LogP contribution in [0.5, 0.6) is 0 Å². The molecule has 1 heteroatoms. The quantitative estimate of drug-likeness (QED) is 0.643. The van der Waals surface area contributed by atoms with Crippen molar-refractivity contribution in [3.63, 3.8) is 0 Å². The third-order valence-electron chi connectivity index (χ3n) is 3.72. The molecule has 0 spiro atoms. The first kappa shape index (κ1) is 13.0. The molecule has 1 aliphatic rings. The molecule has 2 unspecified atom stereocenters. The fourth-order valence-corrected chi connectivity index (χ4v) is 1.97. The van der Waals surface area contributed by atoms with E-state index < -0.39 is 0 Å². The van der Waals surface area contributed by atoms with Crippen molar-refractivity contribution >= 4 is 0 Å². The molecule has 1 saturated carbocycles. The van der Waals surface area contributed by atoms with Gasteiger partial charge in [0.05, 0.1) is 0 Å². The normalized spacial score (nSPS) is 20.6. The molecule has 90 valence electrons. The lowest BCUT2D eigenvalue weighted by atomic mass is 9.89. The summed E-state index contributed by atoms with van der Waals surface area (Å²) >= 11 is 0. The summed E-state index contributed by atoms with van der Waals surface area (Å²) in [4.78, 5) is 0.